The lowest BCUT2D eigenvalue weighted by Gasteiger charge is -2.16. The van der Waals surface area contributed by atoms with Crippen molar-refractivity contribution in [1.29, 1.82) is 0 Å². The molecule has 0 bridgehead atoms. The molecule has 2 aromatic heterocycles. The van der Waals surface area contributed by atoms with Gasteiger partial charge in [0.1, 0.15) is 0 Å². The van der Waals surface area contributed by atoms with Crippen molar-refractivity contribution in [2.75, 3.05) is 11.1 Å². The van der Waals surface area contributed by atoms with Gasteiger partial charge in [0.15, 0.2) is 5.78 Å². The summed E-state index contributed by atoms with van der Waals surface area (Å²) in [7, 11) is 0. The fourth-order valence-electron chi connectivity index (χ4n) is 3.79. The number of carbonyl (C=O) groups is 2. The lowest BCUT2D eigenvalue weighted by molar-refractivity contribution is -0.115. The first-order valence-corrected chi connectivity index (χ1v) is 11.4. The molecule has 8 heteroatoms. The molecular weight excluding hydrogens is 406 g/mol. The summed E-state index contributed by atoms with van der Waals surface area (Å²) in [6.07, 6.45) is 3.78. The number of aromatic nitrogens is 2. The maximum absolute atomic E-state index is 12.5. The molecule has 1 unspecified atom stereocenters. The van der Waals surface area contributed by atoms with Crippen LogP contribution in [0.15, 0.2) is 33.9 Å². The molecule has 0 radical (unpaired) electrons. The Hall–Kier alpha value is -2.45. The van der Waals surface area contributed by atoms with Crippen LogP contribution in [0.1, 0.15) is 39.7 Å². The van der Waals surface area contributed by atoms with Crippen molar-refractivity contribution in [3.05, 3.63) is 45.8 Å². The smallest absolute Gasteiger partial charge is 0.277 e. The van der Waals surface area contributed by atoms with Crippen molar-refractivity contribution in [3.8, 4) is 10.8 Å². The van der Waals surface area contributed by atoms with Gasteiger partial charge in [0.05, 0.1) is 17.1 Å². The second-order valence-corrected chi connectivity index (χ2v) is 9.65. The Morgan fingerprint density at radius 2 is 2.21 bits per heavy atom. The molecular formula is C21H19N3O3S2. The van der Waals surface area contributed by atoms with Gasteiger partial charge in [-0.1, -0.05) is 18.7 Å². The maximum Gasteiger partial charge on any atom is 0.277 e. The zero-order chi connectivity index (χ0) is 20.0. The molecule has 2 aliphatic rings. The second-order valence-electron chi connectivity index (χ2n) is 7.59. The molecule has 0 spiro atoms. The third kappa shape index (κ3) is 3.74. The topological polar surface area (TPSA) is 85.1 Å². The molecule has 3 heterocycles. The van der Waals surface area contributed by atoms with Crippen LogP contribution >= 0.6 is 23.1 Å². The Morgan fingerprint density at radius 3 is 3.10 bits per heavy atom. The van der Waals surface area contributed by atoms with E-state index >= 15 is 0 Å². The predicted molar refractivity (Wildman–Crippen MR) is 113 cm³/mol. The molecule has 0 saturated heterocycles. The summed E-state index contributed by atoms with van der Waals surface area (Å²) in [5.41, 5.74) is 3.64. The van der Waals surface area contributed by atoms with Crippen LogP contribution in [-0.4, -0.2) is 27.6 Å². The minimum absolute atomic E-state index is 0.0301. The van der Waals surface area contributed by atoms with Gasteiger partial charge in [-0.25, -0.2) is 0 Å². The summed E-state index contributed by atoms with van der Waals surface area (Å²) >= 11 is 2.97. The zero-order valence-corrected chi connectivity index (χ0v) is 17.5. The van der Waals surface area contributed by atoms with E-state index in [4.69, 9.17) is 4.42 Å². The lowest BCUT2D eigenvalue weighted by Crippen LogP contribution is -2.07. The first-order chi connectivity index (χ1) is 14.0. The van der Waals surface area contributed by atoms with Gasteiger partial charge in [-0.15, -0.1) is 21.5 Å². The van der Waals surface area contributed by atoms with Gasteiger partial charge >= 0.3 is 0 Å². The van der Waals surface area contributed by atoms with Crippen LogP contribution in [0.25, 0.3) is 10.8 Å². The highest BCUT2D eigenvalue weighted by atomic mass is 32.2. The number of hydrogen-bond donors (Lipinski definition) is 1. The average Bonchev–Trinajstić information content (AvgIpc) is 3.41. The van der Waals surface area contributed by atoms with Crippen LogP contribution in [-0.2, 0) is 24.1 Å². The van der Waals surface area contributed by atoms with Crippen molar-refractivity contribution in [1.82, 2.24) is 10.2 Å². The highest BCUT2D eigenvalue weighted by molar-refractivity contribution is 7.99. The Morgan fingerprint density at radius 1 is 1.31 bits per heavy atom. The molecule has 1 N–H and O–H groups in total. The molecule has 1 aliphatic heterocycles. The normalized spacial score (nSPS) is 17.7. The number of ketones is 1. The number of thioether (sulfide) groups is 1. The van der Waals surface area contributed by atoms with E-state index in [0.717, 1.165) is 34.9 Å². The van der Waals surface area contributed by atoms with Crippen molar-refractivity contribution in [3.63, 3.8) is 0 Å². The van der Waals surface area contributed by atoms with Gasteiger partial charge in [0.25, 0.3) is 11.1 Å². The summed E-state index contributed by atoms with van der Waals surface area (Å²) in [5.74, 6) is 1.38. The van der Waals surface area contributed by atoms with Crippen LogP contribution in [0.2, 0.25) is 0 Å². The molecule has 29 heavy (non-hydrogen) atoms. The maximum atomic E-state index is 12.5. The van der Waals surface area contributed by atoms with E-state index in [9.17, 15) is 9.59 Å². The monoisotopic (exact) mass is 425 g/mol. The van der Waals surface area contributed by atoms with Gasteiger partial charge in [-0.2, -0.15) is 0 Å². The lowest BCUT2D eigenvalue weighted by atomic mass is 9.90. The van der Waals surface area contributed by atoms with Gasteiger partial charge in [-0.05, 0) is 60.6 Å². The molecule has 1 atom stereocenters. The number of benzene rings is 1. The van der Waals surface area contributed by atoms with Gasteiger partial charge in [-0.3, -0.25) is 9.59 Å². The van der Waals surface area contributed by atoms with Crippen molar-refractivity contribution < 1.29 is 14.0 Å². The summed E-state index contributed by atoms with van der Waals surface area (Å²) in [4.78, 5) is 26.4. The van der Waals surface area contributed by atoms with Crippen LogP contribution in [0.3, 0.4) is 0 Å². The summed E-state index contributed by atoms with van der Waals surface area (Å²) in [5, 5.41) is 11.4. The number of amides is 1. The Labute approximate surface area is 176 Å². The zero-order valence-electron chi connectivity index (χ0n) is 15.9. The minimum atomic E-state index is -0.0397. The van der Waals surface area contributed by atoms with E-state index in [1.165, 1.54) is 28.6 Å². The van der Waals surface area contributed by atoms with E-state index in [2.05, 4.69) is 28.5 Å². The molecule has 6 nitrogen and oxygen atoms in total. The third-order valence-corrected chi connectivity index (χ3v) is 7.37. The number of thiophene rings is 1. The summed E-state index contributed by atoms with van der Waals surface area (Å²) in [6, 6.07) is 7.47. The van der Waals surface area contributed by atoms with Crippen LogP contribution in [0.5, 0.6) is 0 Å². The van der Waals surface area contributed by atoms with Crippen LogP contribution in [0, 0.1) is 5.92 Å². The van der Waals surface area contributed by atoms with E-state index in [-0.39, 0.29) is 17.4 Å². The fourth-order valence-corrected chi connectivity index (χ4v) is 5.58. The molecule has 5 rings (SSSR count). The first kappa shape index (κ1) is 18.6. The number of fused-ring (bicyclic) bond motifs is 2. The Kier molecular flexibility index (Phi) is 4.75. The quantitative estimate of drug-likeness (QED) is 0.482. The number of nitrogens with one attached hydrogen (secondary N) is 1. The molecule has 0 fully saturated rings. The molecule has 1 aliphatic carbocycles. The Bertz CT molecular complexity index is 1120. The standard InChI is InChI=1S/C21H19N3O3S2/c1-11-2-5-17-14(6-11)8-18(29-17)20-23-24-21(27-20)28-10-16(25)12-3-4-15-13(7-12)9-19(26)22-15/h3-4,7-8,11H,2,5-6,9-10H2,1H3,(H,22,26). The Balaban J connectivity index is 1.25. The number of aryl methyl sites for hydroxylation is 1. The SMILES string of the molecule is CC1CCc2sc(-c3nnc(SCC(=O)c4ccc5c(c4)CC(=O)N5)o3)cc2C1. The van der Waals surface area contributed by atoms with Crippen molar-refractivity contribution in [2.45, 2.75) is 37.8 Å². The molecule has 1 amide bonds. The van der Waals surface area contributed by atoms with Crippen molar-refractivity contribution >= 4 is 40.5 Å². The largest absolute Gasteiger partial charge is 0.410 e. The molecule has 148 valence electrons. The third-order valence-electron chi connectivity index (χ3n) is 5.33. The highest BCUT2D eigenvalue weighted by Crippen LogP contribution is 2.37. The second kappa shape index (κ2) is 7.42. The fraction of sp³-hybridized carbons (Fsp3) is 0.333. The van der Waals surface area contributed by atoms with Crippen molar-refractivity contribution in [2.24, 2.45) is 5.92 Å². The minimum Gasteiger partial charge on any atom is -0.410 e. The predicted octanol–water partition coefficient (Wildman–Crippen LogP) is 4.39. The van der Waals surface area contributed by atoms with E-state index in [1.54, 1.807) is 29.5 Å². The average molecular weight is 426 g/mol. The molecule has 1 aromatic carbocycles. The molecule has 0 saturated carbocycles. The summed E-state index contributed by atoms with van der Waals surface area (Å²) < 4.78 is 5.79. The highest BCUT2D eigenvalue weighted by Gasteiger charge is 2.22. The number of Topliss-reactive ketones (excluding diaryl/α,β-unsaturated/α-hetero) is 1. The number of hydrogen-bond acceptors (Lipinski definition) is 7. The molecule has 3 aromatic rings. The van der Waals surface area contributed by atoms with Gasteiger partial charge < -0.3 is 9.73 Å². The van der Waals surface area contributed by atoms with Gasteiger partial charge in [0.2, 0.25) is 5.91 Å². The number of anilines is 1. The van der Waals surface area contributed by atoms with Crippen LogP contribution in [0.4, 0.5) is 5.69 Å². The van der Waals surface area contributed by atoms with E-state index < -0.39 is 0 Å². The first-order valence-electron chi connectivity index (χ1n) is 9.59. The van der Waals surface area contributed by atoms with Gasteiger partial charge in [0, 0.05) is 16.1 Å². The van der Waals surface area contributed by atoms with Crippen LogP contribution < -0.4 is 5.32 Å². The summed E-state index contributed by atoms with van der Waals surface area (Å²) in [6.45, 7) is 2.29. The van der Waals surface area contributed by atoms with E-state index in [1.807, 2.05) is 0 Å². The number of carbonyl (C=O) groups excluding carboxylic acids is 2. The number of rotatable bonds is 5. The van der Waals surface area contributed by atoms with E-state index in [0.29, 0.717) is 23.1 Å². The number of nitrogens with zero attached hydrogens (tertiary/aromatic N) is 2.